The highest BCUT2D eigenvalue weighted by Gasteiger charge is 2.17. The summed E-state index contributed by atoms with van der Waals surface area (Å²) in [6.45, 7) is 0. The second-order valence-electron chi connectivity index (χ2n) is 11.3. The standard InChI is InChI=1S/C44H28O/c1-2-11-29(12-3-1)32-13-10-14-34(27-32)44-38-18-6-4-16-36(38)43(37-17-5-7-19-39(37)44)31-23-21-30(22-24-31)33-25-26-42-40(28-33)35-15-8-9-20-41(35)45-42/h1-28H/i1D,2D,3D,11D,12D. The molecule has 1 aromatic heterocycles. The molecule has 9 aromatic rings. The number of benzene rings is 8. The molecule has 9 rings (SSSR count). The van der Waals surface area contributed by atoms with Crippen LogP contribution in [0.5, 0.6) is 0 Å². The summed E-state index contributed by atoms with van der Waals surface area (Å²) in [5.41, 5.74) is 8.98. The molecule has 0 saturated carbocycles. The maximum Gasteiger partial charge on any atom is 0.135 e. The fourth-order valence-corrected chi connectivity index (χ4v) is 6.71. The fraction of sp³-hybridized carbons (Fsp3) is 0. The average Bonchev–Trinajstić information content (AvgIpc) is 3.53. The van der Waals surface area contributed by atoms with Crippen LogP contribution in [-0.2, 0) is 0 Å². The Balaban J connectivity index is 1.20. The third-order valence-corrected chi connectivity index (χ3v) is 8.76. The molecule has 0 spiro atoms. The molecule has 0 radical (unpaired) electrons. The molecule has 210 valence electrons. The van der Waals surface area contributed by atoms with Gasteiger partial charge in [0.1, 0.15) is 11.2 Å². The van der Waals surface area contributed by atoms with E-state index in [1.165, 1.54) is 0 Å². The molecule has 0 aliphatic heterocycles. The van der Waals surface area contributed by atoms with Gasteiger partial charge < -0.3 is 4.42 Å². The van der Waals surface area contributed by atoms with Crippen LogP contribution in [0.3, 0.4) is 0 Å². The summed E-state index contributed by atoms with van der Waals surface area (Å²) >= 11 is 0. The molecule has 0 N–H and O–H groups in total. The number of hydrogen-bond acceptors (Lipinski definition) is 1. The van der Waals surface area contributed by atoms with E-state index in [0.29, 0.717) is 5.56 Å². The van der Waals surface area contributed by atoms with Crippen molar-refractivity contribution in [1.82, 2.24) is 0 Å². The molecular formula is C44H28O. The van der Waals surface area contributed by atoms with Gasteiger partial charge in [0, 0.05) is 10.8 Å². The summed E-state index contributed by atoms with van der Waals surface area (Å²) < 4.78 is 47.7. The Morgan fingerprint density at radius 2 is 0.844 bits per heavy atom. The number of hydrogen-bond donors (Lipinski definition) is 0. The van der Waals surface area contributed by atoms with Gasteiger partial charge in [-0.2, -0.15) is 0 Å². The van der Waals surface area contributed by atoms with Crippen molar-refractivity contribution in [3.05, 3.63) is 170 Å². The van der Waals surface area contributed by atoms with E-state index in [2.05, 4.69) is 78.9 Å². The lowest BCUT2D eigenvalue weighted by Gasteiger charge is -2.18. The molecule has 0 aliphatic rings. The topological polar surface area (TPSA) is 13.1 Å². The van der Waals surface area contributed by atoms with Gasteiger partial charge in [0.25, 0.3) is 0 Å². The molecule has 1 nitrogen and oxygen atoms in total. The van der Waals surface area contributed by atoms with Crippen molar-refractivity contribution in [2.45, 2.75) is 0 Å². The first kappa shape index (κ1) is 20.9. The van der Waals surface area contributed by atoms with Gasteiger partial charge in [-0.15, -0.1) is 0 Å². The quantitative estimate of drug-likeness (QED) is 0.190. The summed E-state index contributed by atoms with van der Waals surface area (Å²) in [4.78, 5) is 0. The molecule has 0 amide bonds. The zero-order valence-corrected chi connectivity index (χ0v) is 24.2. The number of para-hydroxylation sites is 1. The lowest BCUT2D eigenvalue weighted by atomic mass is 9.85. The molecule has 45 heavy (non-hydrogen) atoms. The minimum Gasteiger partial charge on any atom is -0.456 e. The molecular weight excluding hydrogens is 544 g/mol. The van der Waals surface area contributed by atoms with Gasteiger partial charge in [-0.3, -0.25) is 0 Å². The number of fused-ring (bicyclic) bond motifs is 5. The summed E-state index contributed by atoms with van der Waals surface area (Å²) in [6, 6.07) is 46.2. The second-order valence-corrected chi connectivity index (χ2v) is 11.3. The smallest absolute Gasteiger partial charge is 0.135 e. The Bertz CT molecular complexity index is 2730. The normalized spacial score (nSPS) is 13.1. The molecule has 0 fully saturated rings. The monoisotopic (exact) mass is 577 g/mol. The SMILES string of the molecule is [2H]c1c([2H])c([2H])c(-c2cccc(-c3c4ccccc4c(-c4ccc(-c5ccc6oc7ccccc7c6c5)cc4)c4ccccc34)c2)c([2H])c1[2H]. The van der Waals surface area contributed by atoms with Gasteiger partial charge in [0.2, 0.25) is 0 Å². The van der Waals surface area contributed by atoms with E-state index in [1.54, 1.807) is 0 Å². The minimum atomic E-state index is -0.395. The van der Waals surface area contributed by atoms with Crippen LogP contribution in [0, 0.1) is 0 Å². The second kappa shape index (κ2) is 10.4. The highest BCUT2D eigenvalue weighted by Crippen LogP contribution is 2.44. The molecule has 0 bridgehead atoms. The predicted molar refractivity (Wildman–Crippen MR) is 190 cm³/mol. The van der Waals surface area contributed by atoms with Gasteiger partial charge in [0.15, 0.2) is 0 Å². The van der Waals surface area contributed by atoms with E-state index >= 15 is 0 Å². The molecule has 8 aromatic carbocycles. The molecule has 0 saturated heterocycles. The van der Waals surface area contributed by atoms with Gasteiger partial charge in [-0.25, -0.2) is 0 Å². The number of rotatable bonds is 4. The van der Waals surface area contributed by atoms with Gasteiger partial charge in [-0.1, -0.05) is 145 Å². The highest BCUT2D eigenvalue weighted by atomic mass is 16.3. The largest absolute Gasteiger partial charge is 0.456 e. The summed E-state index contributed by atoms with van der Waals surface area (Å²) in [5.74, 6) is 0. The Morgan fingerprint density at radius 1 is 0.333 bits per heavy atom. The van der Waals surface area contributed by atoms with Crippen LogP contribution in [0.4, 0.5) is 0 Å². The Kier molecular flexibility index (Phi) is 4.81. The zero-order valence-electron chi connectivity index (χ0n) is 29.2. The van der Waals surface area contributed by atoms with Crippen molar-refractivity contribution in [1.29, 1.82) is 0 Å². The van der Waals surface area contributed by atoms with Crippen molar-refractivity contribution in [3.8, 4) is 44.5 Å². The fourth-order valence-electron chi connectivity index (χ4n) is 6.71. The third kappa shape index (κ3) is 4.24. The van der Waals surface area contributed by atoms with Crippen molar-refractivity contribution in [2.75, 3.05) is 0 Å². The van der Waals surface area contributed by atoms with E-state index < -0.39 is 6.04 Å². The van der Waals surface area contributed by atoms with Crippen LogP contribution in [0.15, 0.2) is 174 Å². The van der Waals surface area contributed by atoms with Crippen LogP contribution in [0.25, 0.3) is 88.0 Å². The molecule has 0 unspecified atom stereocenters. The van der Waals surface area contributed by atoms with Crippen molar-refractivity contribution >= 4 is 43.5 Å². The first-order valence-corrected chi connectivity index (χ1v) is 15.0. The van der Waals surface area contributed by atoms with Crippen molar-refractivity contribution in [3.63, 3.8) is 0 Å². The van der Waals surface area contributed by atoms with Gasteiger partial charge >= 0.3 is 0 Å². The van der Waals surface area contributed by atoms with Crippen LogP contribution in [0.1, 0.15) is 6.85 Å². The molecule has 1 heterocycles. The van der Waals surface area contributed by atoms with E-state index in [1.807, 2.05) is 60.7 Å². The maximum atomic E-state index is 8.59. The van der Waals surface area contributed by atoms with E-state index in [9.17, 15) is 0 Å². The van der Waals surface area contributed by atoms with E-state index in [0.717, 1.165) is 76.9 Å². The first-order valence-electron chi connectivity index (χ1n) is 17.5. The highest BCUT2D eigenvalue weighted by molar-refractivity contribution is 6.21. The maximum absolute atomic E-state index is 8.59. The molecule has 0 atom stereocenters. The van der Waals surface area contributed by atoms with Gasteiger partial charge in [0.05, 0.1) is 6.85 Å². The number of furan rings is 1. The zero-order chi connectivity index (χ0) is 34.1. The van der Waals surface area contributed by atoms with E-state index in [4.69, 9.17) is 11.3 Å². The van der Waals surface area contributed by atoms with Crippen LogP contribution in [-0.4, -0.2) is 0 Å². The molecule has 1 heteroatoms. The van der Waals surface area contributed by atoms with E-state index in [-0.39, 0.29) is 29.7 Å². The van der Waals surface area contributed by atoms with Gasteiger partial charge in [-0.05, 0) is 90.3 Å². The minimum absolute atomic E-state index is 0.197. The van der Waals surface area contributed by atoms with Crippen molar-refractivity contribution < 1.29 is 11.3 Å². The van der Waals surface area contributed by atoms with Crippen LogP contribution >= 0.6 is 0 Å². The van der Waals surface area contributed by atoms with Crippen LogP contribution < -0.4 is 0 Å². The van der Waals surface area contributed by atoms with Crippen LogP contribution in [0.2, 0.25) is 0 Å². The lowest BCUT2D eigenvalue weighted by Crippen LogP contribution is -1.91. The Hall–Kier alpha value is -5.92. The van der Waals surface area contributed by atoms with Crippen molar-refractivity contribution in [2.24, 2.45) is 0 Å². The Morgan fingerprint density at radius 3 is 1.53 bits per heavy atom. The first-order chi connectivity index (χ1) is 24.4. The summed E-state index contributed by atoms with van der Waals surface area (Å²) in [6.07, 6.45) is 0. The Labute approximate surface area is 268 Å². The summed E-state index contributed by atoms with van der Waals surface area (Å²) in [5, 5.41) is 6.56. The average molecular weight is 578 g/mol. The lowest BCUT2D eigenvalue weighted by molar-refractivity contribution is 0.669. The summed E-state index contributed by atoms with van der Waals surface area (Å²) in [7, 11) is 0. The predicted octanol–water partition coefficient (Wildman–Crippen LogP) is 12.6. The molecule has 0 aliphatic carbocycles. The third-order valence-electron chi connectivity index (χ3n) is 8.76.